The van der Waals surface area contributed by atoms with Crippen LogP contribution in [-0.4, -0.2) is 46.9 Å². The molecule has 3 unspecified atom stereocenters. The summed E-state index contributed by atoms with van der Waals surface area (Å²) in [5, 5.41) is 3.46. The minimum Gasteiger partial charge on any atom is -0.372 e. The van der Waals surface area contributed by atoms with Gasteiger partial charge in [-0.15, -0.1) is 0 Å². The predicted molar refractivity (Wildman–Crippen MR) is 131 cm³/mol. The summed E-state index contributed by atoms with van der Waals surface area (Å²) in [6, 6.07) is 21.0. The maximum Gasteiger partial charge on any atom is 0.256 e. The van der Waals surface area contributed by atoms with E-state index in [9.17, 15) is 14.0 Å². The average molecular weight is 474 g/mol. The molecule has 1 fully saturated rings. The lowest BCUT2D eigenvalue weighted by molar-refractivity contribution is -0.0586. The molecule has 180 valence electrons. The summed E-state index contributed by atoms with van der Waals surface area (Å²) in [5.74, 6) is -0.447. The molecule has 2 aliphatic rings. The molecule has 5 rings (SSSR count). The zero-order valence-corrected chi connectivity index (χ0v) is 19.8. The van der Waals surface area contributed by atoms with Crippen LogP contribution in [0, 0.1) is 5.82 Å². The highest BCUT2D eigenvalue weighted by Gasteiger charge is 2.36. The van der Waals surface area contributed by atoms with Gasteiger partial charge in [-0.1, -0.05) is 36.4 Å². The molecule has 2 amide bonds. The standard InChI is InChI=1S/C28H28FN3O3/c1-18-15-31(16-19(2)35-18)27(33)21-6-5-7-23(14-21)30-26-24-8-3-4-9-25(24)28(34)32(26)17-20-10-12-22(29)13-11-20/h3-14,18-19,26,30H,15-17H2,1-2H3. The number of rotatable bonds is 5. The number of hydrogen-bond donors (Lipinski definition) is 1. The van der Waals surface area contributed by atoms with E-state index < -0.39 is 6.17 Å². The molecule has 1 N–H and O–H groups in total. The van der Waals surface area contributed by atoms with E-state index in [1.165, 1.54) is 12.1 Å². The molecule has 6 nitrogen and oxygen atoms in total. The fourth-order valence-corrected chi connectivity index (χ4v) is 4.90. The first-order valence-electron chi connectivity index (χ1n) is 11.8. The number of carbonyl (C=O) groups is 2. The van der Waals surface area contributed by atoms with Crippen LogP contribution in [0.15, 0.2) is 72.8 Å². The molecule has 0 aliphatic carbocycles. The van der Waals surface area contributed by atoms with Gasteiger partial charge in [0.25, 0.3) is 11.8 Å². The Bertz CT molecular complexity index is 1240. The fourth-order valence-electron chi connectivity index (χ4n) is 4.90. The summed E-state index contributed by atoms with van der Waals surface area (Å²) in [4.78, 5) is 30.0. The van der Waals surface area contributed by atoms with Gasteiger partial charge in [0.15, 0.2) is 0 Å². The number of nitrogens with zero attached hydrogens (tertiary/aromatic N) is 2. The lowest BCUT2D eigenvalue weighted by Gasteiger charge is -2.35. The van der Waals surface area contributed by atoms with E-state index in [1.54, 1.807) is 17.0 Å². The van der Waals surface area contributed by atoms with Gasteiger partial charge in [0.1, 0.15) is 12.0 Å². The Balaban J connectivity index is 1.40. The number of morpholine rings is 1. The largest absolute Gasteiger partial charge is 0.372 e. The Hall–Kier alpha value is -3.71. The van der Waals surface area contributed by atoms with Gasteiger partial charge in [-0.3, -0.25) is 9.59 Å². The summed E-state index contributed by atoms with van der Waals surface area (Å²) in [5.41, 5.74) is 3.66. The summed E-state index contributed by atoms with van der Waals surface area (Å²) in [6.07, 6.45) is -0.437. The second-order valence-electron chi connectivity index (χ2n) is 9.24. The zero-order valence-electron chi connectivity index (χ0n) is 19.8. The third-order valence-electron chi connectivity index (χ3n) is 6.44. The molecular formula is C28H28FN3O3. The molecule has 0 bridgehead atoms. The molecule has 2 aliphatic heterocycles. The molecular weight excluding hydrogens is 445 g/mol. The lowest BCUT2D eigenvalue weighted by atomic mass is 10.1. The smallest absolute Gasteiger partial charge is 0.256 e. The average Bonchev–Trinajstić information content (AvgIpc) is 3.10. The van der Waals surface area contributed by atoms with E-state index in [2.05, 4.69) is 5.32 Å². The second kappa shape index (κ2) is 9.50. The van der Waals surface area contributed by atoms with E-state index in [-0.39, 0.29) is 29.8 Å². The highest BCUT2D eigenvalue weighted by Crippen LogP contribution is 2.35. The maximum atomic E-state index is 13.4. The van der Waals surface area contributed by atoms with Crippen molar-refractivity contribution in [2.45, 2.75) is 38.8 Å². The first-order chi connectivity index (χ1) is 16.9. The van der Waals surface area contributed by atoms with Crippen LogP contribution in [0.25, 0.3) is 0 Å². The quantitative estimate of drug-likeness (QED) is 0.576. The maximum absolute atomic E-state index is 13.4. The predicted octanol–water partition coefficient (Wildman–Crippen LogP) is 4.84. The number of fused-ring (bicyclic) bond motifs is 1. The van der Waals surface area contributed by atoms with Crippen molar-refractivity contribution < 1.29 is 18.7 Å². The van der Waals surface area contributed by atoms with Crippen LogP contribution in [0.5, 0.6) is 0 Å². The van der Waals surface area contributed by atoms with Crippen molar-refractivity contribution in [2.24, 2.45) is 0 Å². The second-order valence-corrected chi connectivity index (χ2v) is 9.24. The number of carbonyl (C=O) groups excluding carboxylic acids is 2. The van der Waals surface area contributed by atoms with Gasteiger partial charge < -0.3 is 19.9 Å². The Kier molecular flexibility index (Phi) is 6.26. The van der Waals surface area contributed by atoms with E-state index in [4.69, 9.17) is 4.74 Å². The van der Waals surface area contributed by atoms with E-state index in [1.807, 2.05) is 67.3 Å². The third-order valence-corrected chi connectivity index (χ3v) is 6.44. The molecule has 1 saturated heterocycles. The van der Waals surface area contributed by atoms with Crippen LogP contribution in [-0.2, 0) is 11.3 Å². The highest BCUT2D eigenvalue weighted by atomic mass is 19.1. The topological polar surface area (TPSA) is 61.9 Å². The first-order valence-corrected chi connectivity index (χ1v) is 11.8. The monoisotopic (exact) mass is 473 g/mol. The van der Waals surface area contributed by atoms with Crippen LogP contribution >= 0.6 is 0 Å². The molecule has 3 aromatic carbocycles. The first kappa shape index (κ1) is 23.1. The minimum atomic E-state index is -0.419. The number of hydrogen-bond acceptors (Lipinski definition) is 4. The molecule has 0 aromatic heterocycles. The van der Waals surface area contributed by atoms with Gasteiger partial charge in [0, 0.05) is 42.0 Å². The van der Waals surface area contributed by atoms with Crippen molar-refractivity contribution in [3.8, 4) is 0 Å². The summed E-state index contributed by atoms with van der Waals surface area (Å²) in [7, 11) is 0. The van der Waals surface area contributed by atoms with Crippen molar-refractivity contribution in [3.05, 3.63) is 101 Å². The molecule has 0 saturated carbocycles. The van der Waals surface area contributed by atoms with Crippen LogP contribution < -0.4 is 5.32 Å². The third kappa shape index (κ3) is 4.77. The summed E-state index contributed by atoms with van der Waals surface area (Å²) in [6.45, 7) is 5.37. The molecule has 0 spiro atoms. The Morgan fingerprint density at radius 3 is 2.46 bits per heavy atom. The molecule has 35 heavy (non-hydrogen) atoms. The van der Waals surface area contributed by atoms with Crippen molar-refractivity contribution >= 4 is 17.5 Å². The number of anilines is 1. The zero-order chi connectivity index (χ0) is 24.5. The molecule has 3 atom stereocenters. The Morgan fingerprint density at radius 2 is 1.71 bits per heavy atom. The van der Waals surface area contributed by atoms with E-state index in [0.717, 1.165) is 16.8 Å². The van der Waals surface area contributed by atoms with Gasteiger partial charge in [0.2, 0.25) is 0 Å². The van der Waals surface area contributed by atoms with Crippen molar-refractivity contribution in [3.63, 3.8) is 0 Å². The minimum absolute atomic E-state index is 0.00923. The molecule has 3 aromatic rings. The van der Waals surface area contributed by atoms with Gasteiger partial charge >= 0.3 is 0 Å². The van der Waals surface area contributed by atoms with Gasteiger partial charge in [-0.05, 0) is 55.8 Å². The number of amides is 2. The summed E-state index contributed by atoms with van der Waals surface area (Å²) >= 11 is 0. The van der Waals surface area contributed by atoms with E-state index >= 15 is 0 Å². The number of ether oxygens (including phenoxy) is 1. The van der Waals surface area contributed by atoms with Crippen LogP contribution in [0.4, 0.5) is 10.1 Å². The van der Waals surface area contributed by atoms with Crippen molar-refractivity contribution in [1.82, 2.24) is 9.80 Å². The van der Waals surface area contributed by atoms with E-state index in [0.29, 0.717) is 30.8 Å². The van der Waals surface area contributed by atoms with Crippen LogP contribution in [0.1, 0.15) is 51.9 Å². The Morgan fingerprint density at radius 1 is 1.00 bits per heavy atom. The van der Waals surface area contributed by atoms with Crippen molar-refractivity contribution in [2.75, 3.05) is 18.4 Å². The molecule has 7 heteroatoms. The van der Waals surface area contributed by atoms with Gasteiger partial charge in [-0.25, -0.2) is 4.39 Å². The highest BCUT2D eigenvalue weighted by molar-refractivity contribution is 5.99. The van der Waals surface area contributed by atoms with Crippen LogP contribution in [0.2, 0.25) is 0 Å². The lowest BCUT2D eigenvalue weighted by Crippen LogP contribution is -2.48. The normalized spacial score (nSPS) is 21.7. The molecule has 0 radical (unpaired) electrons. The number of benzene rings is 3. The van der Waals surface area contributed by atoms with Crippen LogP contribution in [0.3, 0.4) is 0 Å². The van der Waals surface area contributed by atoms with Crippen molar-refractivity contribution in [1.29, 1.82) is 0 Å². The fraction of sp³-hybridized carbons (Fsp3) is 0.286. The van der Waals surface area contributed by atoms with Gasteiger partial charge in [-0.2, -0.15) is 0 Å². The molecule has 2 heterocycles. The SMILES string of the molecule is CC1CN(C(=O)c2cccc(NC3c4ccccc4C(=O)N3Cc3ccc(F)cc3)c2)CC(C)O1. The number of nitrogens with one attached hydrogen (secondary N) is 1. The Labute approximate surface area is 204 Å². The van der Waals surface area contributed by atoms with Gasteiger partial charge in [0.05, 0.1) is 12.2 Å². The number of halogens is 1. The summed E-state index contributed by atoms with van der Waals surface area (Å²) < 4.78 is 19.2.